The molecule has 2 aromatic rings. The molecule has 1 atom stereocenters. The van der Waals surface area contributed by atoms with Crippen LogP contribution in [0.2, 0.25) is 10.0 Å². The van der Waals surface area contributed by atoms with Crippen molar-refractivity contribution in [1.29, 1.82) is 0 Å². The fourth-order valence-electron chi connectivity index (χ4n) is 1.97. The van der Waals surface area contributed by atoms with Crippen molar-refractivity contribution in [2.24, 2.45) is 0 Å². The second-order valence-corrected chi connectivity index (χ2v) is 5.81. The van der Waals surface area contributed by atoms with Crippen molar-refractivity contribution < 1.29 is 27.8 Å². The Balaban J connectivity index is 2.24. The number of carbonyl (C=O) groups is 1. The summed E-state index contributed by atoms with van der Waals surface area (Å²) in [6.45, 7) is 1.02. The monoisotopic (exact) mass is 378 g/mol. The highest BCUT2D eigenvalue weighted by Crippen LogP contribution is 2.39. The average Bonchev–Trinajstić information content (AvgIpc) is 2.45. The fourth-order valence-corrected chi connectivity index (χ4v) is 2.55. The lowest BCUT2D eigenvalue weighted by molar-refractivity contribution is -0.146. The first kappa shape index (κ1) is 18.4. The summed E-state index contributed by atoms with van der Waals surface area (Å²) >= 11 is 11.7. The highest BCUT2D eigenvalue weighted by atomic mass is 35.5. The topological polar surface area (TPSA) is 46.5 Å². The lowest BCUT2D eigenvalue weighted by Crippen LogP contribution is -2.17. The van der Waals surface area contributed by atoms with E-state index in [0.717, 1.165) is 6.92 Å². The summed E-state index contributed by atoms with van der Waals surface area (Å²) in [5, 5.41) is 8.80. The van der Waals surface area contributed by atoms with Gasteiger partial charge in [0.15, 0.2) is 0 Å². The maximum Gasteiger partial charge on any atom is 0.395 e. The minimum absolute atomic E-state index is 0.0200. The molecule has 0 spiro atoms. The van der Waals surface area contributed by atoms with Crippen molar-refractivity contribution in [3.05, 3.63) is 57.6 Å². The van der Waals surface area contributed by atoms with Crippen LogP contribution in [0.5, 0.6) is 11.5 Å². The molecule has 128 valence electrons. The Hall–Kier alpha value is -1.92. The van der Waals surface area contributed by atoms with Crippen LogP contribution >= 0.6 is 23.2 Å². The fraction of sp³-hybridized carbons (Fsp3) is 0.188. The van der Waals surface area contributed by atoms with Crippen LogP contribution in [-0.2, 0) is 0 Å². The molecule has 0 unspecified atom stereocenters. The number of alkyl halides is 3. The van der Waals surface area contributed by atoms with Gasteiger partial charge in [-0.15, -0.1) is 0 Å². The van der Waals surface area contributed by atoms with Gasteiger partial charge in [0, 0.05) is 11.1 Å². The summed E-state index contributed by atoms with van der Waals surface area (Å²) in [5.41, 5.74) is -0.146. The number of ether oxygens (including phenoxy) is 1. The van der Waals surface area contributed by atoms with Crippen molar-refractivity contribution in [3.8, 4) is 11.5 Å². The zero-order valence-corrected chi connectivity index (χ0v) is 13.7. The third-order valence-electron chi connectivity index (χ3n) is 3.34. The van der Waals surface area contributed by atoms with Crippen LogP contribution in [0, 0.1) is 0 Å². The van der Waals surface area contributed by atoms with Crippen LogP contribution in [-0.4, -0.2) is 17.3 Å². The van der Waals surface area contributed by atoms with Gasteiger partial charge in [0.25, 0.3) is 0 Å². The Morgan fingerprint density at radius 3 is 2.08 bits per heavy atom. The molecule has 0 aliphatic rings. The van der Waals surface area contributed by atoms with Crippen molar-refractivity contribution in [3.63, 3.8) is 0 Å². The zero-order valence-electron chi connectivity index (χ0n) is 12.2. The normalized spacial score (nSPS) is 12.8. The minimum atomic E-state index is -4.40. The second-order valence-electron chi connectivity index (χ2n) is 5.00. The molecule has 0 heterocycles. The van der Waals surface area contributed by atoms with Crippen LogP contribution in [0.25, 0.3) is 0 Å². The molecule has 0 radical (unpaired) electrons. The largest absolute Gasteiger partial charge is 0.478 e. The van der Waals surface area contributed by atoms with Crippen molar-refractivity contribution in [2.45, 2.75) is 19.0 Å². The van der Waals surface area contributed by atoms with E-state index >= 15 is 0 Å². The molecule has 2 rings (SSSR count). The molecule has 0 saturated carbocycles. The minimum Gasteiger partial charge on any atom is -0.478 e. The number of aromatic carboxylic acids is 1. The van der Waals surface area contributed by atoms with Gasteiger partial charge in [-0.05, 0) is 36.8 Å². The third-order valence-corrected chi connectivity index (χ3v) is 3.98. The van der Waals surface area contributed by atoms with Crippen molar-refractivity contribution >= 4 is 29.2 Å². The predicted octanol–water partition coefficient (Wildman–Crippen LogP) is 6.15. The van der Waals surface area contributed by atoms with E-state index in [4.69, 9.17) is 33.0 Å². The highest BCUT2D eigenvalue weighted by molar-refractivity contribution is 6.33. The average molecular weight is 379 g/mol. The van der Waals surface area contributed by atoms with Gasteiger partial charge in [0.05, 0.1) is 16.5 Å². The molecule has 0 saturated heterocycles. The van der Waals surface area contributed by atoms with E-state index in [1.165, 1.54) is 36.4 Å². The predicted molar refractivity (Wildman–Crippen MR) is 84.4 cm³/mol. The van der Waals surface area contributed by atoms with Gasteiger partial charge in [0.1, 0.15) is 11.5 Å². The standard InChI is InChI=1S/C16H11Cl2F3O3/c1-8(16(19,20)21)11-4-2-9(6-13(11)17)24-10-3-5-12(15(22)23)14(18)7-10/h2-8H,1H3,(H,22,23)/t8-/m0/s1. The van der Waals surface area contributed by atoms with Crippen LogP contribution in [0.4, 0.5) is 13.2 Å². The second kappa shape index (κ2) is 6.91. The van der Waals surface area contributed by atoms with E-state index in [2.05, 4.69) is 0 Å². The summed E-state index contributed by atoms with van der Waals surface area (Å²) in [6, 6.07) is 7.80. The number of carboxylic acid groups (broad SMARTS) is 1. The molecule has 3 nitrogen and oxygen atoms in total. The van der Waals surface area contributed by atoms with Gasteiger partial charge in [0.2, 0.25) is 0 Å². The number of benzene rings is 2. The third kappa shape index (κ3) is 4.13. The first-order valence-electron chi connectivity index (χ1n) is 6.66. The molecular formula is C16H11Cl2F3O3. The summed E-state index contributed by atoms with van der Waals surface area (Å²) in [5.74, 6) is -2.45. The van der Waals surface area contributed by atoms with E-state index < -0.39 is 18.1 Å². The van der Waals surface area contributed by atoms with Crippen LogP contribution < -0.4 is 4.74 Å². The van der Waals surface area contributed by atoms with E-state index in [0.29, 0.717) is 0 Å². The van der Waals surface area contributed by atoms with Gasteiger partial charge >= 0.3 is 12.1 Å². The smallest absolute Gasteiger partial charge is 0.395 e. The molecule has 24 heavy (non-hydrogen) atoms. The Labute approximate surface area is 145 Å². The van der Waals surface area contributed by atoms with E-state index in [-0.39, 0.29) is 32.7 Å². The molecule has 1 N–H and O–H groups in total. The number of carboxylic acids is 1. The van der Waals surface area contributed by atoms with Crippen LogP contribution in [0.1, 0.15) is 28.8 Å². The molecule has 0 aliphatic carbocycles. The Morgan fingerprint density at radius 1 is 1.08 bits per heavy atom. The molecular weight excluding hydrogens is 368 g/mol. The van der Waals surface area contributed by atoms with E-state index in [1.54, 1.807) is 0 Å². The highest BCUT2D eigenvalue weighted by Gasteiger charge is 2.38. The Bertz CT molecular complexity index is 776. The van der Waals surface area contributed by atoms with Gasteiger partial charge in [-0.3, -0.25) is 0 Å². The van der Waals surface area contributed by atoms with Crippen molar-refractivity contribution in [1.82, 2.24) is 0 Å². The number of hydrogen-bond acceptors (Lipinski definition) is 2. The molecule has 0 aromatic heterocycles. The SMILES string of the molecule is C[C@@H](c1ccc(Oc2ccc(C(=O)O)c(Cl)c2)cc1Cl)C(F)(F)F. The van der Waals surface area contributed by atoms with Crippen LogP contribution in [0.15, 0.2) is 36.4 Å². The van der Waals surface area contributed by atoms with Crippen LogP contribution in [0.3, 0.4) is 0 Å². The van der Waals surface area contributed by atoms with Gasteiger partial charge in [-0.1, -0.05) is 29.3 Å². The Morgan fingerprint density at radius 2 is 1.62 bits per heavy atom. The van der Waals surface area contributed by atoms with Crippen molar-refractivity contribution in [2.75, 3.05) is 0 Å². The quantitative estimate of drug-likeness (QED) is 0.693. The number of halogens is 5. The Kier molecular flexibility index (Phi) is 5.30. The van der Waals surface area contributed by atoms with E-state index in [9.17, 15) is 18.0 Å². The maximum absolute atomic E-state index is 12.8. The number of hydrogen-bond donors (Lipinski definition) is 1. The summed E-state index contributed by atoms with van der Waals surface area (Å²) in [4.78, 5) is 10.9. The summed E-state index contributed by atoms with van der Waals surface area (Å²) in [7, 11) is 0. The summed E-state index contributed by atoms with van der Waals surface area (Å²) < 4.78 is 43.7. The molecule has 0 amide bonds. The van der Waals surface area contributed by atoms with E-state index in [1.807, 2.05) is 0 Å². The number of rotatable bonds is 4. The lowest BCUT2D eigenvalue weighted by atomic mass is 10.0. The molecule has 0 fully saturated rings. The first-order valence-corrected chi connectivity index (χ1v) is 7.42. The maximum atomic E-state index is 12.8. The van der Waals surface area contributed by atoms with Gasteiger partial charge in [-0.2, -0.15) is 13.2 Å². The molecule has 8 heteroatoms. The zero-order chi connectivity index (χ0) is 18.1. The molecule has 0 bridgehead atoms. The lowest BCUT2D eigenvalue weighted by Gasteiger charge is -2.18. The van der Waals surface area contributed by atoms with Gasteiger partial charge < -0.3 is 9.84 Å². The first-order chi connectivity index (χ1) is 11.1. The molecule has 0 aliphatic heterocycles. The van der Waals surface area contributed by atoms with Gasteiger partial charge in [-0.25, -0.2) is 4.79 Å². The summed E-state index contributed by atoms with van der Waals surface area (Å²) in [6.07, 6.45) is -4.40. The molecule has 2 aromatic carbocycles.